The van der Waals surface area contributed by atoms with Crippen LogP contribution in [-0.2, 0) is 11.3 Å². The van der Waals surface area contributed by atoms with Crippen LogP contribution in [0.2, 0.25) is 0 Å². The van der Waals surface area contributed by atoms with Crippen molar-refractivity contribution in [3.63, 3.8) is 0 Å². The maximum atomic E-state index is 12.3. The summed E-state index contributed by atoms with van der Waals surface area (Å²) < 4.78 is 1.80. The zero-order valence-corrected chi connectivity index (χ0v) is 12.4. The first-order chi connectivity index (χ1) is 9.59. The molecule has 1 atom stereocenters. The number of nitrogens with zero attached hydrogens (tertiary/aromatic N) is 3. The van der Waals surface area contributed by atoms with Crippen LogP contribution in [0.15, 0.2) is 42.7 Å². The standard InChI is InChI=1S/C15H18ClN3O/c1-12-6-3-4-7-14(12)19(15(20)13(2)16)11-10-18-9-5-8-17-18/h3-9,13H,10-11H2,1-2H3. The lowest BCUT2D eigenvalue weighted by molar-refractivity contribution is -0.118. The first-order valence-corrected chi connectivity index (χ1v) is 7.01. The van der Waals surface area contributed by atoms with Crippen molar-refractivity contribution in [1.29, 1.82) is 0 Å². The van der Waals surface area contributed by atoms with E-state index >= 15 is 0 Å². The van der Waals surface area contributed by atoms with Crippen LogP contribution in [0, 0.1) is 6.92 Å². The first kappa shape index (κ1) is 14.6. The topological polar surface area (TPSA) is 38.1 Å². The van der Waals surface area contributed by atoms with Crippen LogP contribution in [0.25, 0.3) is 0 Å². The van der Waals surface area contributed by atoms with Gasteiger partial charge in [-0.2, -0.15) is 5.10 Å². The molecule has 2 aromatic rings. The highest BCUT2D eigenvalue weighted by atomic mass is 35.5. The van der Waals surface area contributed by atoms with Crippen LogP contribution in [0.5, 0.6) is 0 Å². The molecule has 0 bridgehead atoms. The van der Waals surface area contributed by atoms with Crippen molar-refractivity contribution in [1.82, 2.24) is 9.78 Å². The molecule has 0 aliphatic carbocycles. The molecule has 5 heteroatoms. The van der Waals surface area contributed by atoms with Gasteiger partial charge in [-0.05, 0) is 31.5 Å². The van der Waals surface area contributed by atoms with Gasteiger partial charge in [0.2, 0.25) is 5.91 Å². The SMILES string of the molecule is Cc1ccccc1N(CCn1cccn1)C(=O)C(C)Cl. The molecule has 0 aliphatic rings. The minimum atomic E-state index is -0.549. The van der Waals surface area contributed by atoms with Crippen molar-refractivity contribution >= 4 is 23.2 Å². The molecule has 0 saturated carbocycles. The minimum Gasteiger partial charge on any atom is -0.309 e. The molecule has 20 heavy (non-hydrogen) atoms. The molecule has 1 unspecified atom stereocenters. The molecule has 1 heterocycles. The Balaban J connectivity index is 2.21. The first-order valence-electron chi connectivity index (χ1n) is 6.58. The largest absolute Gasteiger partial charge is 0.309 e. The zero-order chi connectivity index (χ0) is 14.5. The fourth-order valence-electron chi connectivity index (χ4n) is 2.07. The Hall–Kier alpha value is -1.81. The van der Waals surface area contributed by atoms with Crippen molar-refractivity contribution < 1.29 is 4.79 Å². The van der Waals surface area contributed by atoms with Crippen molar-refractivity contribution in [2.24, 2.45) is 0 Å². The summed E-state index contributed by atoms with van der Waals surface area (Å²) in [4.78, 5) is 14.1. The van der Waals surface area contributed by atoms with E-state index in [9.17, 15) is 4.79 Å². The predicted molar refractivity (Wildman–Crippen MR) is 81.1 cm³/mol. The fraction of sp³-hybridized carbons (Fsp3) is 0.333. The van der Waals surface area contributed by atoms with Gasteiger partial charge in [0.1, 0.15) is 5.38 Å². The number of carbonyl (C=O) groups is 1. The molecule has 0 fully saturated rings. The predicted octanol–water partition coefficient (Wildman–Crippen LogP) is 2.85. The van der Waals surface area contributed by atoms with E-state index in [-0.39, 0.29) is 5.91 Å². The third kappa shape index (κ3) is 3.39. The van der Waals surface area contributed by atoms with E-state index in [1.807, 2.05) is 43.5 Å². The van der Waals surface area contributed by atoms with Crippen LogP contribution in [-0.4, -0.2) is 27.6 Å². The van der Waals surface area contributed by atoms with Crippen molar-refractivity contribution in [3.05, 3.63) is 48.3 Å². The number of carbonyl (C=O) groups excluding carboxylic acids is 1. The third-order valence-corrected chi connectivity index (χ3v) is 3.31. The van der Waals surface area contributed by atoms with Crippen molar-refractivity contribution in [2.45, 2.75) is 25.8 Å². The Bertz CT molecular complexity index is 566. The summed E-state index contributed by atoms with van der Waals surface area (Å²) in [7, 11) is 0. The highest BCUT2D eigenvalue weighted by molar-refractivity contribution is 6.32. The average molecular weight is 292 g/mol. The van der Waals surface area contributed by atoms with Crippen LogP contribution in [0.3, 0.4) is 0 Å². The van der Waals surface area contributed by atoms with Gasteiger partial charge >= 0.3 is 0 Å². The monoisotopic (exact) mass is 291 g/mol. The zero-order valence-electron chi connectivity index (χ0n) is 11.7. The maximum absolute atomic E-state index is 12.3. The smallest absolute Gasteiger partial charge is 0.244 e. The number of hydrogen-bond acceptors (Lipinski definition) is 2. The van der Waals surface area contributed by atoms with Gasteiger partial charge in [-0.1, -0.05) is 18.2 Å². The molecule has 0 N–H and O–H groups in total. The highest BCUT2D eigenvalue weighted by Gasteiger charge is 2.21. The summed E-state index contributed by atoms with van der Waals surface area (Å²) in [5.41, 5.74) is 1.95. The summed E-state index contributed by atoms with van der Waals surface area (Å²) in [6.07, 6.45) is 3.61. The van der Waals surface area contributed by atoms with Crippen LogP contribution < -0.4 is 4.90 Å². The lowest BCUT2D eigenvalue weighted by atomic mass is 10.1. The molecule has 106 valence electrons. The number of para-hydroxylation sites is 1. The second-order valence-corrected chi connectivity index (χ2v) is 5.32. The molecule has 4 nitrogen and oxygen atoms in total. The summed E-state index contributed by atoms with van der Waals surface area (Å²) >= 11 is 5.97. The fourth-order valence-corrected chi connectivity index (χ4v) is 2.18. The molecule has 2 rings (SSSR count). The average Bonchev–Trinajstić information content (AvgIpc) is 2.93. The Labute approximate surface area is 124 Å². The van der Waals surface area contributed by atoms with E-state index in [1.165, 1.54) is 0 Å². The molecular formula is C15H18ClN3O. The summed E-state index contributed by atoms with van der Waals surface area (Å²) in [5.74, 6) is -0.0897. The summed E-state index contributed by atoms with van der Waals surface area (Å²) in [6, 6.07) is 9.68. The van der Waals surface area contributed by atoms with Gasteiger partial charge in [0.25, 0.3) is 0 Å². The third-order valence-electron chi connectivity index (χ3n) is 3.12. The highest BCUT2D eigenvalue weighted by Crippen LogP contribution is 2.21. The molecule has 1 aromatic carbocycles. The van der Waals surface area contributed by atoms with Crippen LogP contribution in [0.4, 0.5) is 5.69 Å². The maximum Gasteiger partial charge on any atom is 0.244 e. The molecule has 0 saturated heterocycles. The number of halogens is 1. The van der Waals surface area contributed by atoms with Crippen molar-refractivity contribution in [3.8, 4) is 0 Å². The molecule has 1 aromatic heterocycles. The number of anilines is 1. The van der Waals surface area contributed by atoms with Gasteiger partial charge in [0.05, 0.1) is 6.54 Å². The van der Waals surface area contributed by atoms with Crippen molar-refractivity contribution in [2.75, 3.05) is 11.4 Å². The van der Waals surface area contributed by atoms with E-state index in [2.05, 4.69) is 5.10 Å². The van der Waals surface area contributed by atoms with Gasteiger partial charge in [-0.3, -0.25) is 9.48 Å². The second kappa shape index (κ2) is 6.57. The quantitative estimate of drug-likeness (QED) is 0.795. The van der Waals surface area contributed by atoms with Gasteiger partial charge in [-0.25, -0.2) is 0 Å². The molecule has 0 spiro atoms. The Morgan fingerprint density at radius 2 is 2.15 bits per heavy atom. The lowest BCUT2D eigenvalue weighted by Gasteiger charge is -2.25. The second-order valence-electron chi connectivity index (χ2n) is 4.66. The Morgan fingerprint density at radius 1 is 1.40 bits per heavy atom. The molecule has 0 radical (unpaired) electrons. The van der Waals surface area contributed by atoms with Gasteiger partial charge in [0.15, 0.2) is 0 Å². The minimum absolute atomic E-state index is 0.0897. The van der Waals surface area contributed by atoms with E-state index in [1.54, 1.807) is 22.7 Å². The Morgan fingerprint density at radius 3 is 2.75 bits per heavy atom. The molecular weight excluding hydrogens is 274 g/mol. The number of hydrogen-bond donors (Lipinski definition) is 0. The summed E-state index contributed by atoms with van der Waals surface area (Å²) in [5, 5.41) is 3.61. The normalized spacial score (nSPS) is 12.2. The molecule has 0 aliphatic heterocycles. The number of rotatable bonds is 5. The van der Waals surface area contributed by atoms with E-state index in [4.69, 9.17) is 11.6 Å². The van der Waals surface area contributed by atoms with Gasteiger partial charge < -0.3 is 4.90 Å². The van der Waals surface area contributed by atoms with E-state index in [0.717, 1.165) is 11.3 Å². The Kier molecular flexibility index (Phi) is 4.79. The van der Waals surface area contributed by atoms with Gasteiger partial charge in [-0.15, -0.1) is 11.6 Å². The van der Waals surface area contributed by atoms with E-state index in [0.29, 0.717) is 13.1 Å². The summed E-state index contributed by atoms with van der Waals surface area (Å²) in [6.45, 7) is 4.87. The number of aromatic nitrogens is 2. The molecule has 1 amide bonds. The van der Waals surface area contributed by atoms with Gasteiger partial charge in [0, 0.05) is 24.6 Å². The van der Waals surface area contributed by atoms with Crippen LogP contribution >= 0.6 is 11.6 Å². The number of benzene rings is 1. The number of alkyl halides is 1. The van der Waals surface area contributed by atoms with Crippen LogP contribution in [0.1, 0.15) is 12.5 Å². The lowest BCUT2D eigenvalue weighted by Crippen LogP contribution is -2.38. The number of amides is 1. The number of aryl methyl sites for hydroxylation is 1. The van der Waals surface area contributed by atoms with E-state index < -0.39 is 5.38 Å².